The number of thiophene rings is 1. The van der Waals surface area contributed by atoms with Crippen molar-refractivity contribution in [2.75, 3.05) is 6.54 Å². The summed E-state index contributed by atoms with van der Waals surface area (Å²) in [5.74, 6) is -2.11. The number of esters is 1. The summed E-state index contributed by atoms with van der Waals surface area (Å²) >= 11 is 1.23. The minimum absolute atomic E-state index is 0.156. The van der Waals surface area contributed by atoms with Crippen LogP contribution in [-0.2, 0) is 36.8 Å². The molecular weight excluding hydrogens is 546 g/mol. The van der Waals surface area contributed by atoms with E-state index in [1.54, 1.807) is 77.9 Å². The Kier molecular flexibility index (Phi) is 11.0. The molecule has 1 heterocycles. The summed E-state index contributed by atoms with van der Waals surface area (Å²) in [6.45, 7) is 17.0. The second kappa shape index (κ2) is 13.8. The van der Waals surface area contributed by atoms with Crippen LogP contribution < -0.4 is 16.0 Å². The summed E-state index contributed by atoms with van der Waals surface area (Å²) in [7, 11) is 0. The number of ether oxygens (including phenoxy) is 2. The van der Waals surface area contributed by atoms with Gasteiger partial charge in [0.05, 0.1) is 26.1 Å². The highest BCUT2D eigenvalue weighted by atomic mass is 32.1. The molecule has 12 heteroatoms. The Morgan fingerprint density at radius 1 is 1.00 bits per heavy atom. The summed E-state index contributed by atoms with van der Waals surface area (Å²) in [6.07, 6.45) is -1.73. The highest BCUT2D eigenvalue weighted by Gasteiger charge is 2.44. The number of carbonyl (C=O) groups excluding carboxylic acids is 4. The van der Waals surface area contributed by atoms with Gasteiger partial charge in [-0.2, -0.15) is 5.26 Å². The largest absolute Gasteiger partial charge is 0.460 e. The molecule has 2 rings (SSSR count). The van der Waals surface area contributed by atoms with Crippen LogP contribution in [0.4, 0.5) is 10.5 Å². The van der Waals surface area contributed by atoms with Crippen molar-refractivity contribution in [3.8, 4) is 6.07 Å². The predicted molar refractivity (Wildman–Crippen MR) is 153 cm³/mol. The van der Waals surface area contributed by atoms with Gasteiger partial charge >= 0.3 is 12.1 Å². The SMILES string of the molecule is [C-]#[N+]c1cccc(C[C@@](CC(=O)OC(C)(C)C)(NC(=O)OC(C)(C)C)C(=O)NCC(=O)NCc2ccc(C#N)s2)c1. The topological polar surface area (TPSA) is 151 Å². The van der Waals surface area contributed by atoms with E-state index >= 15 is 0 Å². The van der Waals surface area contributed by atoms with Crippen LogP contribution in [0.25, 0.3) is 4.85 Å². The zero-order chi connectivity index (χ0) is 30.8. The average Bonchev–Trinajstić information content (AvgIpc) is 3.31. The number of rotatable bonds is 10. The number of benzene rings is 1. The standard InChI is InChI=1S/C29H35N5O6S/c1-27(2,3)39-24(36)15-29(34-26(38)40-28(4,5)6,14-19-9-8-10-20(13-19)31-7)25(37)33-18-23(35)32-17-22-12-11-21(16-30)41-22/h8-13H,14-15,17-18H2,1-6H3,(H,32,35)(H,33,37)(H,34,38)/t29-/m0/s1. The van der Waals surface area contributed by atoms with E-state index in [0.717, 1.165) is 4.88 Å². The molecular formula is C29H35N5O6S. The maximum Gasteiger partial charge on any atom is 0.408 e. The molecule has 0 aliphatic carbocycles. The lowest BCUT2D eigenvalue weighted by atomic mass is 9.86. The Bertz CT molecular complexity index is 1330. The second-order valence-electron chi connectivity index (χ2n) is 11.3. The third-order valence-corrected chi connectivity index (χ3v) is 6.22. The Balaban J connectivity index is 2.37. The van der Waals surface area contributed by atoms with Crippen molar-refractivity contribution in [2.45, 2.75) is 77.7 Å². The summed E-state index contributed by atoms with van der Waals surface area (Å²) in [5.41, 5.74) is -2.92. The van der Waals surface area contributed by atoms with E-state index in [-0.39, 0.29) is 13.0 Å². The lowest BCUT2D eigenvalue weighted by molar-refractivity contribution is -0.158. The molecule has 0 saturated heterocycles. The third-order valence-electron chi connectivity index (χ3n) is 5.23. The third kappa shape index (κ3) is 11.3. The van der Waals surface area contributed by atoms with Gasteiger partial charge in [0.15, 0.2) is 5.69 Å². The van der Waals surface area contributed by atoms with Gasteiger partial charge in [-0.05, 0) is 53.7 Å². The molecule has 0 fully saturated rings. The first-order valence-corrected chi connectivity index (χ1v) is 13.6. The first-order chi connectivity index (χ1) is 19.0. The molecule has 1 aromatic carbocycles. The van der Waals surface area contributed by atoms with E-state index in [1.165, 1.54) is 11.3 Å². The molecule has 0 saturated carbocycles. The van der Waals surface area contributed by atoms with Crippen molar-refractivity contribution in [1.82, 2.24) is 16.0 Å². The van der Waals surface area contributed by atoms with Gasteiger partial charge in [-0.1, -0.05) is 29.8 Å². The number of nitrogens with zero attached hydrogens (tertiary/aromatic N) is 2. The van der Waals surface area contributed by atoms with Crippen LogP contribution in [-0.4, -0.2) is 47.2 Å². The first kappa shape index (κ1) is 32.8. The van der Waals surface area contributed by atoms with Crippen molar-refractivity contribution in [3.63, 3.8) is 0 Å². The van der Waals surface area contributed by atoms with Gasteiger partial charge in [0.1, 0.15) is 27.7 Å². The van der Waals surface area contributed by atoms with Gasteiger partial charge in [0.25, 0.3) is 0 Å². The summed E-state index contributed by atoms with van der Waals surface area (Å²) in [5, 5.41) is 16.7. The Morgan fingerprint density at radius 2 is 1.68 bits per heavy atom. The van der Waals surface area contributed by atoms with Crippen molar-refractivity contribution >= 4 is 40.9 Å². The lowest BCUT2D eigenvalue weighted by Gasteiger charge is -2.34. The van der Waals surface area contributed by atoms with Gasteiger partial charge in [-0.25, -0.2) is 9.64 Å². The van der Waals surface area contributed by atoms with E-state index in [1.807, 2.05) is 6.07 Å². The number of nitrogens with one attached hydrogen (secondary N) is 3. The molecule has 3 N–H and O–H groups in total. The second-order valence-corrected chi connectivity index (χ2v) is 12.4. The van der Waals surface area contributed by atoms with Gasteiger partial charge in [-0.3, -0.25) is 14.4 Å². The molecule has 1 atom stereocenters. The number of amides is 3. The van der Waals surface area contributed by atoms with Gasteiger partial charge in [0, 0.05) is 11.3 Å². The fourth-order valence-corrected chi connectivity index (χ4v) is 4.43. The quantitative estimate of drug-likeness (QED) is 0.282. The molecule has 0 bridgehead atoms. The van der Waals surface area contributed by atoms with Crippen molar-refractivity contribution in [2.24, 2.45) is 0 Å². The number of alkyl carbamates (subject to hydrolysis) is 1. The number of carbonyl (C=O) groups is 4. The fourth-order valence-electron chi connectivity index (χ4n) is 3.69. The molecule has 0 unspecified atom stereocenters. The highest BCUT2D eigenvalue weighted by molar-refractivity contribution is 7.12. The maximum absolute atomic E-state index is 13.8. The Hall–Kier alpha value is -4.42. The van der Waals surface area contributed by atoms with Crippen LogP contribution in [0, 0.1) is 17.9 Å². The predicted octanol–water partition coefficient (Wildman–Crippen LogP) is 4.14. The molecule has 0 aliphatic heterocycles. The minimum atomic E-state index is -1.93. The van der Waals surface area contributed by atoms with Crippen molar-refractivity contribution < 1.29 is 28.7 Å². The van der Waals surface area contributed by atoms with Gasteiger partial charge in [-0.15, -0.1) is 11.3 Å². The maximum atomic E-state index is 13.8. The molecule has 0 spiro atoms. The molecule has 218 valence electrons. The molecule has 0 radical (unpaired) electrons. The Labute approximate surface area is 244 Å². The van der Waals surface area contributed by atoms with E-state index in [2.05, 4.69) is 20.8 Å². The first-order valence-electron chi connectivity index (χ1n) is 12.8. The molecule has 11 nitrogen and oxygen atoms in total. The van der Waals surface area contributed by atoms with Crippen LogP contribution >= 0.6 is 11.3 Å². The van der Waals surface area contributed by atoms with Crippen LogP contribution in [0.5, 0.6) is 0 Å². The molecule has 2 aromatic rings. The van der Waals surface area contributed by atoms with Gasteiger partial charge in [0.2, 0.25) is 11.8 Å². The lowest BCUT2D eigenvalue weighted by Crippen LogP contribution is -2.62. The molecule has 1 aromatic heterocycles. The van der Waals surface area contributed by atoms with Crippen LogP contribution in [0.1, 0.15) is 63.3 Å². The van der Waals surface area contributed by atoms with Crippen LogP contribution in [0.3, 0.4) is 0 Å². The number of hydrogen-bond donors (Lipinski definition) is 3. The minimum Gasteiger partial charge on any atom is -0.460 e. The normalized spacial score (nSPS) is 12.6. The van der Waals surface area contributed by atoms with Crippen LogP contribution in [0.2, 0.25) is 0 Å². The highest BCUT2D eigenvalue weighted by Crippen LogP contribution is 2.25. The fraction of sp³-hybridized carbons (Fsp3) is 0.448. The van der Waals surface area contributed by atoms with Gasteiger partial charge < -0.3 is 25.4 Å². The zero-order valence-corrected chi connectivity index (χ0v) is 24.9. The molecule has 0 aliphatic rings. The monoisotopic (exact) mass is 581 g/mol. The van der Waals surface area contributed by atoms with Crippen molar-refractivity contribution in [3.05, 3.63) is 63.1 Å². The van der Waals surface area contributed by atoms with Crippen molar-refractivity contribution in [1.29, 1.82) is 5.26 Å². The average molecular weight is 582 g/mol. The number of nitriles is 1. The van der Waals surface area contributed by atoms with E-state index in [0.29, 0.717) is 16.1 Å². The molecule has 41 heavy (non-hydrogen) atoms. The number of hydrogen-bond acceptors (Lipinski definition) is 8. The zero-order valence-electron chi connectivity index (χ0n) is 24.0. The van der Waals surface area contributed by atoms with Crippen LogP contribution in [0.15, 0.2) is 36.4 Å². The summed E-state index contributed by atoms with van der Waals surface area (Å²) in [4.78, 5) is 57.0. The van der Waals surface area contributed by atoms with E-state index < -0.39 is 53.6 Å². The summed E-state index contributed by atoms with van der Waals surface area (Å²) in [6, 6.07) is 11.8. The molecule has 3 amide bonds. The summed E-state index contributed by atoms with van der Waals surface area (Å²) < 4.78 is 10.9. The Morgan fingerprint density at radius 3 is 2.27 bits per heavy atom. The van der Waals surface area contributed by atoms with E-state index in [9.17, 15) is 19.2 Å². The smallest absolute Gasteiger partial charge is 0.408 e. The van der Waals surface area contributed by atoms with E-state index in [4.69, 9.17) is 21.3 Å².